The van der Waals surface area contributed by atoms with Gasteiger partial charge in [-0.3, -0.25) is 0 Å². The maximum absolute atomic E-state index is 9.90. The molecule has 0 bridgehead atoms. The van der Waals surface area contributed by atoms with Gasteiger partial charge in [0.15, 0.2) is 0 Å². The molecule has 1 fully saturated rings. The van der Waals surface area contributed by atoms with E-state index in [1.54, 1.807) is 0 Å². The van der Waals surface area contributed by atoms with Crippen LogP contribution in [0.4, 0.5) is 0 Å². The molecule has 0 spiro atoms. The van der Waals surface area contributed by atoms with Gasteiger partial charge in [0, 0.05) is 12.6 Å². The second-order valence-corrected chi connectivity index (χ2v) is 5.83. The molecule has 2 N–H and O–H groups in total. The smallest absolute Gasteiger partial charge is 0.0897 e. The highest BCUT2D eigenvalue weighted by atomic mass is 16.5. The van der Waals surface area contributed by atoms with E-state index < -0.39 is 0 Å². The summed E-state index contributed by atoms with van der Waals surface area (Å²) in [6, 6.07) is 0.458. The third-order valence-electron chi connectivity index (χ3n) is 4.25. The van der Waals surface area contributed by atoms with Crippen molar-refractivity contribution in [2.24, 2.45) is 5.92 Å². The van der Waals surface area contributed by atoms with Crippen molar-refractivity contribution in [3.8, 4) is 0 Å². The van der Waals surface area contributed by atoms with Gasteiger partial charge in [-0.25, -0.2) is 0 Å². The maximum Gasteiger partial charge on any atom is 0.0897 e. The number of rotatable bonds is 8. The Labute approximate surface area is 112 Å². The molecule has 18 heavy (non-hydrogen) atoms. The van der Waals surface area contributed by atoms with Gasteiger partial charge in [0.05, 0.1) is 18.8 Å². The second-order valence-electron chi connectivity index (χ2n) is 5.83. The lowest BCUT2D eigenvalue weighted by Crippen LogP contribution is -2.39. The summed E-state index contributed by atoms with van der Waals surface area (Å²) in [5.41, 5.74) is 0. The van der Waals surface area contributed by atoms with Crippen LogP contribution in [0.3, 0.4) is 0 Å². The highest BCUT2D eigenvalue weighted by Crippen LogP contribution is 2.20. The molecule has 108 valence electrons. The van der Waals surface area contributed by atoms with Crippen molar-refractivity contribution in [1.82, 2.24) is 5.32 Å². The Morgan fingerprint density at radius 3 is 2.50 bits per heavy atom. The van der Waals surface area contributed by atoms with Crippen molar-refractivity contribution in [3.05, 3.63) is 0 Å². The predicted octanol–water partition coefficient (Wildman–Crippen LogP) is 2.72. The average molecular weight is 257 g/mol. The topological polar surface area (TPSA) is 41.5 Å². The lowest BCUT2D eigenvalue weighted by molar-refractivity contribution is -0.0238. The molecular formula is C15H31NO2. The lowest BCUT2D eigenvalue weighted by atomic mass is 9.98. The monoisotopic (exact) mass is 257 g/mol. The first-order valence-corrected chi connectivity index (χ1v) is 7.66. The number of ether oxygens (including phenoxy) is 1. The summed E-state index contributed by atoms with van der Waals surface area (Å²) < 4.78 is 5.77. The Kier molecular flexibility index (Phi) is 7.87. The molecule has 0 aromatic heterocycles. The fourth-order valence-corrected chi connectivity index (χ4v) is 2.41. The quantitative estimate of drug-likeness (QED) is 0.702. The Balaban J connectivity index is 2.07. The Bertz CT molecular complexity index is 199. The van der Waals surface area contributed by atoms with Crippen LogP contribution >= 0.6 is 0 Å². The Morgan fingerprint density at radius 1 is 1.22 bits per heavy atom. The van der Waals surface area contributed by atoms with Crippen molar-refractivity contribution in [2.75, 3.05) is 13.2 Å². The molecule has 3 nitrogen and oxygen atoms in total. The normalized spacial score (nSPS) is 22.7. The number of aliphatic hydroxyl groups is 1. The minimum Gasteiger partial charge on any atom is -0.389 e. The fourth-order valence-electron chi connectivity index (χ4n) is 2.41. The van der Waals surface area contributed by atoms with Crippen molar-refractivity contribution in [1.29, 1.82) is 0 Å². The summed E-state index contributed by atoms with van der Waals surface area (Å²) in [7, 11) is 0. The van der Waals surface area contributed by atoms with Gasteiger partial charge in [-0.2, -0.15) is 0 Å². The van der Waals surface area contributed by atoms with Gasteiger partial charge in [0.25, 0.3) is 0 Å². The maximum atomic E-state index is 9.90. The minimum absolute atomic E-state index is 0.376. The third kappa shape index (κ3) is 6.17. The van der Waals surface area contributed by atoms with E-state index in [1.807, 2.05) is 0 Å². The van der Waals surface area contributed by atoms with Gasteiger partial charge in [0.2, 0.25) is 0 Å². The molecule has 0 radical (unpaired) electrons. The van der Waals surface area contributed by atoms with Gasteiger partial charge in [-0.1, -0.05) is 39.5 Å². The van der Waals surface area contributed by atoms with Crippen LogP contribution in [0.5, 0.6) is 0 Å². The largest absolute Gasteiger partial charge is 0.389 e. The van der Waals surface area contributed by atoms with E-state index in [0.29, 0.717) is 31.2 Å². The third-order valence-corrected chi connectivity index (χ3v) is 4.25. The molecule has 3 heteroatoms. The number of hydrogen-bond acceptors (Lipinski definition) is 3. The van der Waals surface area contributed by atoms with Crippen LogP contribution in [-0.4, -0.2) is 36.5 Å². The molecule has 1 aliphatic carbocycles. The van der Waals surface area contributed by atoms with E-state index in [9.17, 15) is 5.11 Å². The summed E-state index contributed by atoms with van der Waals surface area (Å²) >= 11 is 0. The van der Waals surface area contributed by atoms with Gasteiger partial charge in [0.1, 0.15) is 0 Å². The molecule has 3 atom stereocenters. The summed E-state index contributed by atoms with van der Waals surface area (Å²) in [5, 5.41) is 13.3. The SMILES string of the molecule is CCC(C)C(C)NCC(O)COC1CCCCC1. The molecule has 0 saturated heterocycles. The summed E-state index contributed by atoms with van der Waals surface area (Å²) in [6.45, 7) is 7.74. The van der Waals surface area contributed by atoms with Crippen LogP contribution in [0.2, 0.25) is 0 Å². The molecule has 0 amide bonds. The van der Waals surface area contributed by atoms with E-state index in [0.717, 1.165) is 0 Å². The standard InChI is InChI=1S/C15H31NO2/c1-4-12(2)13(3)16-10-14(17)11-18-15-8-6-5-7-9-15/h12-17H,4-11H2,1-3H3. The Hall–Kier alpha value is -0.120. The fraction of sp³-hybridized carbons (Fsp3) is 1.00. The molecule has 0 aliphatic heterocycles. The summed E-state index contributed by atoms with van der Waals surface area (Å²) in [5.74, 6) is 0.650. The highest BCUT2D eigenvalue weighted by molar-refractivity contribution is 4.71. The zero-order valence-corrected chi connectivity index (χ0v) is 12.3. The predicted molar refractivity (Wildman–Crippen MR) is 75.8 cm³/mol. The van der Waals surface area contributed by atoms with E-state index in [2.05, 4.69) is 26.1 Å². The van der Waals surface area contributed by atoms with Crippen LogP contribution < -0.4 is 5.32 Å². The molecule has 1 saturated carbocycles. The Morgan fingerprint density at radius 2 is 1.89 bits per heavy atom. The first-order chi connectivity index (χ1) is 8.63. The first-order valence-electron chi connectivity index (χ1n) is 7.66. The highest BCUT2D eigenvalue weighted by Gasteiger charge is 2.16. The van der Waals surface area contributed by atoms with E-state index >= 15 is 0 Å². The second kappa shape index (κ2) is 8.89. The molecule has 0 aromatic rings. The van der Waals surface area contributed by atoms with Crippen molar-refractivity contribution >= 4 is 0 Å². The zero-order valence-electron chi connectivity index (χ0n) is 12.3. The summed E-state index contributed by atoms with van der Waals surface area (Å²) in [4.78, 5) is 0. The van der Waals surface area contributed by atoms with Crippen LogP contribution in [-0.2, 0) is 4.74 Å². The number of nitrogens with one attached hydrogen (secondary N) is 1. The first kappa shape index (κ1) is 15.9. The van der Waals surface area contributed by atoms with Gasteiger partial charge in [-0.05, 0) is 25.7 Å². The molecule has 1 aliphatic rings. The molecule has 3 unspecified atom stereocenters. The van der Waals surface area contributed by atoms with Gasteiger partial charge in [-0.15, -0.1) is 0 Å². The van der Waals surface area contributed by atoms with Gasteiger partial charge >= 0.3 is 0 Å². The molecular weight excluding hydrogens is 226 g/mol. The van der Waals surface area contributed by atoms with Crippen molar-refractivity contribution in [2.45, 2.75) is 77.5 Å². The molecule has 1 rings (SSSR count). The van der Waals surface area contributed by atoms with Crippen molar-refractivity contribution < 1.29 is 9.84 Å². The molecule has 0 heterocycles. The van der Waals surface area contributed by atoms with Crippen LogP contribution in [0.1, 0.15) is 59.3 Å². The number of hydrogen-bond donors (Lipinski definition) is 2. The van der Waals surface area contributed by atoms with Crippen LogP contribution in [0, 0.1) is 5.92 Å². The average Bonchev–Trinajstić information content (AvgIpc) is 2.42. The van der Waals surface area contributed by atoms with Crippen LogP contribution in [0.25, 0.3) is 0 Å². The minimum atomic E-state index is -0.376. The van der Waals surface area contributed by atoms with E-state index in [1.165, 1.54) is 38.5 Å². The van der Waals surface area contributed by atoms with Crippen molar-refractivity contribution in [3.63, 3.8) is 0 Å². The van der Waals surface area contributed by atoms with Crippen LogP contribution in [0.15, 0.2) is 0 Å². The van der Waals surface area contributed by atoms with E-state index in [-0.39, 0.29) is 6.10 Å². The number of aliphatic hydroxyl groups excluding tert-OH is 1. The van der Waals surface area contributed by atoms with Gasteiger partial charge < -0.3 is 15.2 Å². The summed E-state index contributed by atoms with van der Waals surface area (Å²) in [6.07, 6.45) is 7.43. The van der Waals surface area contributed by atoms with E-state index in [4.69, 9.17) is 4.74 Å². The lowest BCUT2D eigenvalue weighted by Gasteiger charge is -2.25. The molecule has 0 aromatic carbocycles. The zero-order chi connectivity index (χ0) is 13.4.